The molecule has 1 saturated heterocycles. The van der Waals surface area contributed by atoms with Crippen LogP contribution in [0.4, 0.5) is 5.82 Å². The quantitative estimate of drug-likeness (QED) is 0.676. The van der Waals surface area contributed by atoms with E-state index in [-0.39, 0.29) is 0 Å². The summed E-state index contributed by atoms with van der Waals surface area (Å²) in [6, 6.07) is 14.1. The van der Waals surface area contributed by atoms with Gasteiger partial charge in [-0.25, -0.2) is 4.98 Å². The molecular formula is C21H25N3O. The van der Waals surface area contributed by atoms with E-state index in [0.29, 0.717) is 12.3 Å². The van der Waals surface area contributed by atoms with Gasteiger partial charge in [-0.05, 0) is 69.6 Å². The molecule has 4 heteroatoms. The summed E-state index contributed by atoms with van der Waals surface area (Å²) in [6.45, 7) is 4.47. The summed E-state index contributed by atoms with van der Waals surface area (Å²) in [5, 5.41) is 3.53. The van der Waals surface area contributed by atoms with Crippen molar-refractivity contribution in [1.82, 2.24) is 9.88 Å². The van der Waals surface area contributed by atoms with E-state index in [0.717, 1.165) is 11.4 Å². The number of aldehydes is 1. The van der Waals surface area contributed by atoms with Gasteiger partial charge in [0.15, 0.2) is 6.29 Å². The SMILES string of the molecule is Cc1cccnc1NC1CCN(C)CC1.O=CC#Cc1ccccc1. The van der Waals surface area contributed by atoms with Crippen molar-refractivity contribution >= 4 is 12.1 Å². The Balaban J connectivity index is 0.000000196. The van der Waals surface area contributed by atoms with Gasteiger partial charge in [-0.15, -0.1) is 0 Å². The Labute approximate surface area is 150 Å². The van der Waals surface area contributed by atoms with Gasteiger partial charge in [-0.3, -0.25) is 4.79 Å². The van der Waals surface area contributed by atoms with Gasteiger partial charge in [0.05, 0.1) is 0 Å². The Morgan fingerprint density at radius 1 is 1.16 bits per heavy atom. The molecular weight excluding hydrogens is 310 g/mol. The van der Waals surface area contributed by atoms with E-state index in [1.165, 1.54) is 31.5 Å². The van der Waals surface area contributed by atoms with E-state index >= 15 is 0 Å². The maximum Gasteiger partial charge on any atom is 0.193 e. The van der Waals surface area contributed by atoms with E-state index in [1.54, 1.807) is 0 Å². The molecule has 130 valence electrons. The smallest absolute Gasteiger partial charge is 0.193 e. The molecule has 0 aliphatic carbocycles. The van der Waals surface area contributed by atoms with Crippen LogP contribution in [0, 0.1) is 18.8 Å². The number of hydrogen-bond acceptors (Lipinski definition) is 4. The molecule has 0 amide bonds. The summed E-state index contributed by atoms with van der Waals surface area (Å²) in [5.74, 6) is 6.06. The first-order valence-corrected chi connectivity index (χ1v) is 8.56. The Morgan fingerprint density at radius 3 is 2.52 bits per heavy atom. The lowest BCUT2D eigenvalue weighted by atomic mass is 10.1. The predicted molar refractivity (Wildman–Crippen MR) is 102 cm³/mol. The van der Waals surface area contributed by atoms with Crippen molar-refractivity contribution < 1.29 is 4.79 Å². The molecule has 2 aromatic rings. The average Bonchev–Trinajstić information content (AvgIpc) is 2.65. The highest BCUT2D eigenvalue weighted by Crippen LogP contribution is 2.16. The molecule has 0 radical (unpaired) electrons. The van der Waals surface area contributed by atoms with Crippen LogP contribution in [-0.4, -0.2) is 42.3 Å². The molecule has 1 N–H and O–H groups in total. The third-order valence-corrected chi connectivity index (χ3v) is 4.12. The minimum absolute atomic E-state index is 0.590. The molecule has 1 aliphatic rings. The standard InChI is InChI=1S/C12H19N3.C9H6O/c1-10-4-3-7-13-12(10)14-11-5-8-15(2)9-6-11;10-8-4-7-9-5-2-1-3-6-9/h3-4,7,11H,5-6,8-9H2,1-2H3,(H,13,14);1-3,5-6,8H. The second-order valence-corrected chi connectivity index (χ2v) is 6.14. The summed E-state index contributed by atoms with van der Waals surface area (Å²) in [7, 11) is 2.18. The summed E-state index contributed by atoms with van der Waals surface area (Å²) < 4.78 is 0. The van der Waals surface area contributed by atoms with E-state index in [1.807, 2.05) is 42.6 Å². The van der Waals surface area contributed by atoms with Crippen LogP contribution in [0.15, 0.2) is 48.7 Å². The first kappa shape index (κ1) is 18.7. The fourth-order valence-electron chi connectivity index (χ4n) is 2.62. The summed E-state index contributed by atoms with van der Waals surface area (Å²) >= 11 is 0. The maximum absolute atomic E-state index is 9.80. The zero-order chi connectivity index (χ0) is 17.9. The highest BCUT2D eigenvalue weighted by atomic mass is 16.1. The topological polar surface area (TPSA) is 45.2 Å². The van der Waals surface area contributed by atoms with Gasteiger partial charge in [0.1, 0.15) is 5.82 Å². The zero-order valence-corrected chi connectivity index (χ0v) is 14.9. The van der Waals surface area contributed by atoms with Gasteiger partial charge in [0.25, 0.3) is 0 Å². The fraction of sp³-hybridized carbons (Fsp3) is 0.333. The number of rotatable bonds is 2. The lowest BCUT2D eigenvalue weighted by Gasteiger charge is -2.30. The van der Waals surface area contributed by atoms with Crippen LogP contribution < -0.4 is 5.32 Å². The largest absolute Gasteiger partial charge is 0.367 e. The number of piperidine rings is 1. The molecule has 0 unspecified atom stereocenters. The normalized spacial score (nSPS) is 14.5. The molecule has 0 spiro atoms. The molecule has 0 bridgehead atoms. The lowest BCUT2D eigenvalue weighted by Crippen LogP contribution is -2.37. The molecule has 1 aromatic heterocycles. The number of hydrogen-bond donors (Lipinski definition) is 1. The zero-order valence-electron chi connectivity index (χ0n) is 14.9. The fourth-order valence-corrected chi connectivity index (χ4v) is 2.62. The highest BCUT2D eigenvalue weighted by molar-refractivity contribution is 5.73. The van der Waals surface area contributed by atoms with Crippen molar-refractivity contribution in [2.45, 2.75) is 25.8 Å². The number of carbonyl (C=O) groups is 1. The Hall–Kier alpha value is -2.64. The average molecular weight is 335 g/mol. The molecule has 0 atom stereocenters. The lowest BCUT2D eigenvalue weighted by molar-refractivity contribution is -0.103. The minimum Gasteiger partial charge on any atom is -0.367 e. The summed E-state index contributed by atoms with van der Waals surface area (Å²) in [5.41, 5.74) is 2.10. The number of pyridine rings is 1. The number of benzene rings is 1. The third-order valence-electron chi connectivity index (χ3n) is 4.12. The Morgan fingerprint density at radius 2 is 1.88 bits per heavy atom. The van der Waals surface area contributed by atoms with Crippen LogP contribution in [0.25, 0.3) is 0 Å². The number of nitrogens with one attached hydrogen (secondary N) is 1. The van der Waals surface area contributed by atoms with Crippen molar-refractivity contribution in [2.24, 2.45) is 0 Å². The van der Waals surface area contributed by atoms with Gasteiger partial charge in [-0.2, -0.15) is 0 Å². The number of aromatic nitrogens is 1. The van der Waals surface area contributed by atoms with E-state index in [9.17, 15) is 4.79 Å². The van der Waals surface area contributed by atoms with Crippen LogP contribution in [-0.2, 0) is 4.79 Å². The summed E-state index contributed by atoms with van der Waals surface area (Å²) in [4.78, 5) is 16.5. The van der Waals surface area contributed by atoms with E-state index in [4.69, 9.17) is 0 Å². The van der Waals surface area contributed by atoms with Crippen LogP contribution in [0.1, 0.15) is 24.0 Å². The van der Waals surface area contributed by atoms with Crippen LogP contribution in [0.5, 0.6) is 0 Å². The molecule has 0 saturated carbocycles. The van der Waals surface area contributed by atoms with Gasteiger partial charge in [0, 0.05) is 17.8 Å². The van der Waals surface area contributed by atoms with E-state index < -0.39 is 0 Å². The summed E-state index contributed by atoms with van der Waals surface area (Å²) in [6.07, 6.45) is 4.87. The van der Waals surface area contributed by atoms with Crippen molar-refractivity contribution in [3.8, 4) is 11.8 Å². The number of aryl methyl sites for hydroxylation is 1. The Kier molecular flexibility index (Phi) is 7.68. The molecule has 1 aromatic carbocycles. The van der Waals surface area contributed by atoms with Crippen molar-refractivity contribution in [2.75, 3.05) is 25.5 Å². The maximum atomic E-state index is 9.80. The second kappa shape index (κ2) is 10.3. The van der Waals surface area contributed by atoms with Crippen molar-refractivity contribution in [3.63, 3.8) is 0 Å². The van der Waals surface area contributed by atoms with Gasteiger partial charge >= 0.3 is 0 Å². The van der Waals surface area contributed by atoms with Crippen molar-refractivity contribution in [1.29, 1.82) is 0 Å². The highest BCUT2D eigenvalue weighted by Gasteiger charge is 2.16. The minimum atomic E-state index is 0.590. The van der Waals surface area contributed by atoms with E-state index in [2.05, 4.69) is 47.1 Å². The number of likely N-dealkylation sites (tertiary alicyclic amines) is 1. The second-order valence-electron chi connectivity index (χ2n) is 6.14. The first-order chi connectivity index (χ1) is 12.2. The number of carbonyl (C=O) groups excluding carboxylic acids is 1. The molecule has 3 rings (SSSR count). The van der Waals surface area contributed by atoms with Crippen LogP contribution >= 0.6 is 0 Å². The molecule has 2 heterocycles. The van der Waals surface area contributed by atoms with Gasteiger partial charge in [0.2, 0.25) is 0 Å². The third kappa shape index (κ3) is 6.78. The van der Waals surface area contributed by atoms with Crippen LogP contribution in [0.3, 0.4) is 0 Å². The van der Waals surface area contributed by atoms with Crippen molar-refractivity contribution in [3.05, 3.63) is 59.8 Å². The molecule has 25 heavy (non-hydrogen) atoms. The molecule has 1 fully saturated rings. The Bertz CT molecular complexity index is 711. The van der Waals surface area contributed by atoms with Gasteiger partial charge in [-0.1, -0.05) is 30.2 Å². The molecule has 1 aliphatic heterocycles. The number of anilines is 1. The first-order valence-electron chi connectivity index (χ1n) is 8.56. The van der Waals surface area contributed by atoms with Crippen LogP contribution in [0.2, 0.25) is 0 Å². The number of nitrogens with zero attached hydrogens (tertiary/aromatic N) is 2. The monoisotopic (exact) mass is 335 g/mol. The molecule has 4 nitrogen and oxygen atoms in total. The van der Waals surface area contributed by atoms with Gasteiger partial charge < -0.3 is 10.2 Å². The predicted octanol–water partition coefficient (Wildman–Crippen LogP) is 3.13.